The van der Waals surface area contributed by atoms with Crippen molar-refractivity contribution in [2.24, 2.45) is 17.2 Å². The molecule has 20 nitrogen and oxygen atoms in total. The van der Waals surface area contributed by atoms with Gasteiger partial charge in [0.15, 0.2) is 0 Å². The molecule has 6 atom stereocenters. The van der Waals surface area contributed by atoms with E-state index < -0.39 is 109 Å². The number of carbonyl (C=O) groups is 8. The summed E-state index contributed by atoms with van der Waals surface area (Å²) in [5.41, 5.74) is 15.0. The fourth-order valence-electron chi connectivity index (χ4n) is 3.47. The highest BCUT2D eigenvalue weighted by Gasteiger charge is 2.34. The minimum Gasteiger partial charge on any atom is -0.481 e. The Hall–Kier alpha value is -3.70. The molecule has 0 saturated carbocycles. The number of primary amides is 1. The lowest BCUT2D eigenvalue weighted by Crippen LogP contribution is -2.61. The van der Waals surface area contributed by atoms with Crippen molar-refractivity contribution in [1.82, 2.24) is 31.9 Å². The van der Waals surface area contributed by atoms with E-state index >= 15 is 0 Å². The van der Waals surface area contributed by atoms with Crippen molar-refractivity contribution in [2.75, 3.05) is 31.3 Å². The molecule has 15 N–H and O–H groups in total. The van der Waals surface area contributed by atoms with Gasteiger partial charge in [0.2, 0.25) is 41.4 Å². The molecule has 0 aliphatic heterocycles. The summed E-state index contributed by atoms with van der Waals surface area (Å²) in [7, 11) is 0. The van der Waals surface area contributed by atoms with Gasteiger partial charge in [0, 0.05) is 11.5 Å². The number of aliphatic hydroxyl groups is 2. The molecular weight excluding hydrogens is 666 g/mol. The van der Waals surface area contributed by atoms with Crippen molar-refractivity contribution in [1.29, 1.82) is 0 Å². The van der Waals surface area contributed by atoms with Gasteiger partial charge < -0.3 is 64.4 Å². The van der Waals surface area contributed by atoms with Gasteiger partial charge in [-0.15, -0.1) is 0 Å². The molecule has 7 amide bonds. The van der Waals surface area contributed by atoms with Gasteiger partial charge in [0.1, 0.15) is 36.3 Å². The van der Waals surface area contributed by atoms with Gasteiger partial charge in [-0.25, -0.2) is 0 Å². The number of aliphatic carboxylic acids is 1. The topological polar surface area (TPSA) is 347 Å². The molecule has 0 aromatic carbocycles. The first kappa shape index (κ1) is 43.3. The van der Waals surface area contributed by atoms with Crippen LogP contribution in [0.2, 0.25) is 0 Å². The maximum atomic E-state index is 13.2. The Labute approximate surface area is 281 Å². The highest BCUT2D eigenvalue weighted by Crippen LogP contribution is 2.04. The van der Waals surface area contributed by atoms with Crippen LogP contribution in [0.25, 0.3) is 0 Å². The molecule has 0 bridgehead atoms. The van der Waals surface area contributed by atoms with Gasteiger partial charge in [-0.1, -0.05) is 0 Å². The van der Waals surface area contributed by atoms with Crippen molar-refractivity contribution in [2.45, 2.75) is 74.9 Å². The summed E-state index contributed by atoms with van der Waals surface area (Å²) in [6.45, 7) is 0.895. The first-order valence-electron chi connectivity index (χ1n) is 14.1. The van der Waals surface area contributed by atoms with Gasteiger partial charge in [0.05, 0.1) is 25.2 Å². The van der Waals surface area contributed by atoms with Crippen LogP contribution < -0.4 is 49.1 Å². The Morgan fingerprint density at radius 3 is 1.43 bits per heavy atom. The van der Waals surface area contributed by atoms with Crippen molar-refractivity contribution >= 4 is 72.6 Å². The Bertz CT molecular complexity index is 1140. The second-order valence-corrected chi connectivity index (χ2v) is 11.4. The molecule has 0 spiro atoms. The largest absolute Gasteiger partial charge is 0.481 e. The number of carboxylic acids is 1. The van der Waals surface area contributed by atoms with Gasteiger partial charge >= 0.3 is 5.97 Å². The van der Waals surface area contributed by atoms with E-state index in [1.807, 2.05) is 0 Å². The van der Waals surface area contributed by atoms with E-state index in [2.05, 4.69) is 57.2 Å². The van der Waals surface area contributed by atoms with E-state index in [1.165, 1.54) is 13.8 Å². The zero-order chi connectivity index (χ0) is 36.5. The van der Waals surface area contributed by atoms with Crippen LogP contribution in [0, 0.1) is 0 Å². The number of aliphatic hydroxyl groups excluding tert-OH is 2. The summed E-state index contributed by atoms with van der Waals surface area (Å²) in [5, 5.41) is 42.0. The standard InChI is InChI=1S/C25H45N9O11S2/c1-25(2,28)24(45)34-16(10-47)23(44)32-13(7-35)21(42)29-11(4-3-5-26)19(40)30-12(6-17(37)38)20(41)31-14(8-36)22(43)33-15(9-46)18(27)39/h11-16,35-36,46-47H,3-10,26,28H2,1-2H3,(H2,27,39)(H,29,42)(H,30,40)(H,31,41)(H,32,44)(H,33,43)(H,34,45)(H,37,38). The lowest BCUT2D eigenvalue weighted by atomic mass is 10.1. The monoisotopic (exact) mass is 711 g/mol. The van der Waals surface area contributed by atoms with Gasteiger partial charge in [-0.3, -0.25) is 38.4 Å². The van der Waals surface area contributed by atoms with Gasteiger partial charge in [-0.05, 0) is 33.2 Å². The number of nitrogens with two attached hydrogens (primary N) is 3. The second kappa shape index (κ2) is 21.2. The SMILES string of the molecule is CC(C)(N)C(=O)NC(CS)C(=O)NC(CO)C(=O)NC(CCCN)C(=O)NC(CC(=O)O)C(=O)NC(CO)C(=O)NC(CS)C(N)=O. The molecule has 268 valence electrons. The fraction of sp³-hybridized carbons (Fsp3) is 0.680. The lowest BCUT2D eigenvalue weighted by molar-refractivity contribution is -0.141. The molecule has 47 heavy (non-hydrogen) atoms. The zero-order valence-electron chi connectivity index (χ0n) is 25.9. The number of thiol groups is 2. The van der Waals surface area contributed by atoms with E-state index in [1.54, 1.807) is 0 Å². The van der Waals surface area contributed by atoms with Crippen LogP contribution in [-0.2, 0) is 38.4 Å². The predicted octanol–water partition coefficient (Wildman–Crippen LogP) is -6.82. The Morgan fingerprint density at radius 1 is 0.660 bits per heavy atom. The molecule has 0 saturated heterocycles. The number of hydrogen-bond acceptors (Lipinski definition) is 14. The van der Waals surface area contributed by atoms with Crippen molar-refractivity contribution in [3.63, 3.8) is 0 Å². The Balaban J connectivity index is 5.84. The molecule has 0 radical (unpaired) electrons. The van der Waals surface area contributed by atoms with E-state index in [-0.39, 0.29) is 30.9 Å². The number of carboxylic acid groups (broad SMARTS) is 1. The van der Waals surface area contributed by atoms with Crippen LogP contribution >= 0.6 is 25.3 Å². The van der Waals surface area contributed by atoms with Crippen molar-refractivity contribution in [3.05, 3.63) is 0 Å². The normalized spacial score (nSPS) is 15.0. The van der Waals surface area contributed by atoms with Crippen LogP contribution in [0.5, 0.6) is 0 Å². The molecule has 0 aliphatic rings. The number of rotatable bonds is 22. The van der Waals surface area contributed by atoms with Crippen LogP contribution in [0.3, 0.4) is 0 Å². The van der Waals surface area contributed by atoms with E-state index in [0.717, 1.165) is 0 Å². The first-order chi connectivity index (χ1) is 21.9. The first-order valence-corrected chi connectivity index (χ1v) is 15.4. The average molecular weight is 712 g/mol. The maximum absolute atomic E-state index is 13.2. The zero-order valence-corrected chi connectivity index (χ0v) is 27.6. The van der Waals surface area contributed by atoms with E-state index in [0.29, 0.717) is 0 Å². The van der Waals surface area contributed by atoms with Crippen LogP contribution in [0.15, 0.2) is 0 Å². The quantitative estimate of drug-likeness (QED) is 0.0465. The third-order valence-electron chi connectivity index (χ3n) is 6.20. The smallest absolute Gasteiger partial charge is 0.305 e. The van der Waals surface area contributed by atoms with E-state index in [9.17, 15) is 53.7 Å². The number of carbonyl (C=O) groups excluding carboxylic acids is 7. The van der Waals surface area contributed by atoms with Crippen molar-refractivity contribution in [3.8, 4) is 0 Å². The average Bonchev–Trinajstić information content (AvgIpc) is 2.99. The Kier molecular flexibility index (Phi) is 19.6. The lowest BCUT2D eigenvalue weighted by Gasteiger charge is -2.26. The molecule has 0 rings (SSSR count). The second-order valence-electron chi connectivity index (χ2n) is 10.7. The minimum absolute atomic E-state index is 0.0472. The van der Waals surface area contributed by atoms with E-state index in [4.69, 9.17) is 17.2 Å². The molecule has 0 fully saturated rings. The molecule has 6 unspecified atom stereocenters. The molecule has 0 aromatic heterocycles. The Morgan fingerprint density at radius 2 is 1.04 bits per heavy atom. The molecule has 22 heteroatoms. The summed E-state index contributed by atoms with van der Waals surface area (Å²) in [5.74, 6) is -8.94. The van der Waals surface area contributed by atoms with Crippen molar-refractivity contribution < 1.29 is 53.7 Å². The van der Waals surface area contributed by atoms with Crippen LogP contribution in [0.4, 0.5) is 0 Å². The van der Waals surface area contributed by atoms with Gasteiger partial charge in [0.25, 0.3) is 0 Å². The van der Waals surface area contributed by atoms with Gasteiger partial charge in [-0.2, -0.15) is 25.3 Å². The number of hydrogen-bond donors (Lipinski definition) is 14. The molecule has 0 heterocycles. The molecule has 0 aromatic rings. The van der Waals surface area contributed by atoms with Crippen LogP contribution in [0.1, 0.15) is 33.1 Å². The minimum atomic E-state index is -1.84. The molecular formula is C25H45N9O11S2. The number of amides is 7. The molecule has 0 aliphatic carbocycles. The maximum Gasteiger partial charge on any atom is 0.305 e. The number of nitrogens with one attached hydrogen (secondary N) is 6. The summed E-state index contributed by atoms with van der Waals surface area (Å²) in [4.78, 5) is 99.3. The summed E-state index contributed by atoms with van der Waals surface area (Å²) >= 11 is 7.88. The third kappa shape index (κ3) is 15.6. The predicted molar refractivity (Wildman–Crippen MR) is 171 cm³/mol. The highest BCUT2D eigenvalue weighted by molar-refractivity contribution is 7.80. The third-order valence-corrected chi connectivity index (χ3v) is 6.94. The van der Waals surface area contributed by atoms with Crippen LogP contribution in [-0.4, -0.2) is 136 Å². The summed E-state index contributed by atoms with van der Waals surface area (Å²) in [6.07, 6.45) is -0.991. The summed E-state index contributed by atoms with van der Waals surface area (Å²) in [6, 6.07) is -9.15. The highest BCUT2D eigenvalue weighted by atomic mass is 32.1. The fourth-order valence-corrected chi connectivity index (χ4v) is 4.00. The summed E-state index contributed by atoms with van der Waals surface area (Å²) < 4.78 is 0.